The van der Waals surface area contributed by atoms with Gasteiger partial charge in [-0.3, -0.25) is 0 Å². The smallest absolute Gasteiger partial charge is 0.335 e. The maximum Gasteiger partial charge on any atom is 0.335 e. The summed E-state index contributed by atoms with van der Waals surface area (Å²) in [5.41, 5.74) is 6.63. The lowest BCUT2D eigenvalue weighted by atomic mass is 9.98. The molecule has 0 amide bonds. The van der Waals surface area contributed by atoms with Gasteiger partial charge in [0.1, 0.15) is 5.75 Å². The van der Waals surface area contributed by atoms with Crippen LogP contribution in [0.2, 0.25) is 0 Å². The highest BCUT2D eigenvalue weighted by atomic mass is 16.4. The number of carboxylic acids is 1. The van der Waals surface area contributed by atoms with Gasteiger partial charge >= 0.3 is 5.97 Å². The number of aromatic carboxylic acids is 1. The van der Waals surface area contributed by atoms with Gasteiger partial charge in [-0.25, -0.2) is 4.79 Å². The number of nitrogens with two attached hydrogens (primary N) is 1. The summed E-state index contributed by atoms with van der Waals surface area (Å²) in [5, 5.41) is 27.4. The Kier molecular flexibility index (Phi) is 3.87. The molecule has 88 valence electrons. The monoisotopic (exact) mass is 225 g/mol. The van der Waals surface area contributed by atoms with E-state index in [1.807, 2.05) is 0 Å². The van der Waals surface area contributed by atoms with Crippen molar-refractivity contribution in [2.45, 2.75) is 19.4 Å². The number of phenols is 1. The van der Waals surface area contributed by atoms with Crippen LogP contribution in [0.4, 0.5) is 0 Å². The van der Waals surface area contributed by atoms with Crippen LogP contribution in [0.5, 0.6) is 5.75 Å². The van der Waals surface area contributed by atoms with Gasteiger partial charge in [0.25, 0.3) is 0 Å². The molecule has 0 radical (unpaired) electrons. The molecule has 5 heteroatoms. The van der Waals surface area contributed by atoms with E-state index in [0.717, 1.165) is 0 Å². The minimum Gasteiger partial charge on any atom is -0.507 e. The normalized spacial score (nSPS) is 12.4. The first-order valence-corrected chi connectivity index (χ1v) is 4.90. The van der Waals surface area contributed by atoms with Crippen molar-refractivity contribution < 1.29 is 20.1 Å². The van der Waals surface area contributed by atoms with Crippen LogP contribution in [0.15, 0.2) is 12.1 Å². The van der Waals surface area contributed by atoms with Crippen molar-refractivity contribution in [1.82, 2.24) is 0 Å². The Morgan fingerprint density at radius 2 is 2.12 bits per heavy atom. The van der Waals surface area contributed by atoms with Crippen LogP contribution < -0.4 is 5.73 Å². The zero-order valence-corrected chi connectivity index (χ0v) is 8.97. The molecule has 0 aliphatic rings. The summed E-state index contributed by atoms with van der Waals surface area (Å²) in [6.45, 7) is 1.49. The molecule has 1 rings (SSSR count). The van der Waals surface area contributed by atoms with Crippen molar-refractivity contribution in [3.05, 3.63) is 28.8 Å². The van der Waals surface area contributed by atoms with Crippen LogP contribution in [0, 0.1) is 6.92 Å². The second kappa shape index (κ2) is 4.96. The Bertz CT molecular complexity index is 403. The Balaban J connectivity index is 3.21. The second-order valence-electron chi connectivity index (χ2n) is 3.65. The first-order chi connectivity index (χ1) is 7.47. The van der Waals surface area contributed by atoms with Crippen LogP contribution in [0.25, 0.3) is 0 Å². The fourth-order valence-corrected chi connectivity index (χ4v) is 1.51. The van der Waals surface area contributed by atoms with Gasteiger partial charge in [0.2, 0.25) is 0 Å². The minimum absolute atomic E-state index is 0.00838. The number of phenolic OH excluding ortho intramolecular Hbond substituents is 1. The average molecular weight is 225 g/mol. The number of hydrogen-bond donors (Lipinski definition) is 4. The molecule has 0 aromatic heterocycles. The lowest BCUT2D eigenvalue weighted by molar-refractivity contribution is 0.0696. The molecular weight excluding hydrogens is 210 g/mol. The highest BCUT2D eigenvalue weighted by molar-refractivity contribution is 5.88. The molecule has 1 aromatic carbocycles. The van der Waals surface area contributed by atoms with Crippen LogP contribution in [0.1, 0.15) is 33.9 Å². The Hall–Kier alpha value is -1.59. The van der Waals surface area contributed by atoms with Crippen molar-refractivity contribution >= 4 is 5.97 Å². The predicted molar refractivity (Wildman–Crippen MR) is 58.4 cm³/mol. The van der Waals surface area contributed by atoms with Gasteiger partial charge in [0, 0.05) is 18.2 Å². The van der Waals surface area contributed by atoms with Crippen molar-refractivity contribution in [1.29, 1.82) is 0 Å². The van der Waals surface area contributed by atoms with E-state index in [1.165, 1.54) is 12.1 Å². The third-order valence-corrected chi connectivity index (χ3v) is 2.42. The van der Waals surface area contributed by atoms with Gasteiger partial charge in [-0.15, -0.1) is 0 Å². The van der Waals surface area contributed by atoms with Crippen molar-refractivity contribution in [2.75, 3.05) is 6.61 Å². The third-order valence-electron chi connectivity index (χ3n) is 2.42. The molecule has 1 aromatic rings. The van der Waals surface area contributed by atoms with Crippen molar-refractivity contribution in [2.24, 2.45) is 5.73 Å². The topological polar surface area (TPSA) is 104 Å². The first kappa shape index (κ1) is 12.5. The maximum absolute atomic E-state index is 10.8. The van der Waals surface area contributed by atoms with E-state index in [2.05, 4.69) is 0 Å². The SMILES string of the molecule is Cc1cc(C(=O)O)cc([C@@H](N)CCO)c1O. The van der Waals surface area contributed by atoms with Gasteiger partial charge in [-0.05, 0) is 31.0 Å². The first-order valence-electron chi connectivity index (χ1n) is 4.90. The number of benzene rings is 1. The number of aryl methyl sites for hydroxylation is 1. The molecule has 16 heavy (non-hydrogen) atoms. The maximum atomic E-state index is 10.8. The zero-order valence-electron chi connectivity index (χ0n) is 8.97. The van der Waals surface area contributed by atoms with Crippen LogP contribution >= 0.6 is 0 Å². The Labute approximate surface area is 93.1 Å². The molecule has 0 spiro atoms. The largest absolute Gasteiger partial charge is 0.507 e. The number of aliphatic hydroxyl groups excluding tert-OH is 1. The zero-order chi connectivity index (χ0) is 12.3. The van der Waals surface area contributed by atoms with Gasteiger partial charge in [0.15, 0.2) is 0 Å². The molecule has 0 saturated carbocycles. The van der Waals surface area contributed by atoms with E-state index in [-0.39, 0.29) is 24.3 Å². The standard InChI is InChI=1S/C11H15NO4/c1-6-4-7(11(15)16)5-8(10(6)14)9(12)2-3-13/h4-5,9,13-14H,2-3,12H2,1H3,(H,15,16)/t9-/m0/s1. The summed E-state index contributed by atoms with van der Waals surface area (Å²) in [7, 11) is 0. The number of carboxylic acid groups (broad SMARTS) is 1. The Morgan fingerprint density at radius 3 is 2.62 bits per heavy atom. The molecule has 0 fully saturated rings. The van der Waals surface area contributed by atoms with E-state index in [1.54, 1.807) is 6.92 Å². The van der Waals surface area contributed by atoms with E-state index in [9.17, 15) is 9.90 Å². The van der Waals surface area contributed by atoms with Crippen molar-refractivity contribution in [3.8, 4) is 5.75 Å². The molecule has 0 heterocycles. The molecule has 0 unspecified atom stereocenters. The molecule has 5 N–H and O–H groups in total. The summed E-state index contributed by atoms with van der Waals surface area (Å²) < 4.78 is 0. The van der Waals surface area contributed by atoms with Crippen LogP contribution in [0.3, 0.4) is 0 Å². The molecule has 0 aliphatic heterocycles. The summed E-state index contributed by atoms with van der Waals surface area (Å²) in [6.07, 6.45) is 0.274. The number of hydrogen-bond acceptors (Lipinski definition) is 4. The number of carbonyl (C=O) groups is 1. The fraction of sp³-hybridized carbons (Fsp3) is 0.364. The predicted octanol–water partition coefficient (Wildman–Crippen LogP) is 0.781. The third kappa shape index (κ3) is 2.50. The lowest BCUT2D eigenvalue weighted by Gasteiger charge is -2.14. The van der Waals surface area contributed by atoms with E-state index in [4.69, 9.17) is 15.9 Å². The molecule has 5 nitrogen and oxygen atoms in total. The van der Waals surface area contributed by atoms with Gasteiger partial charge in [-0.2, -0.15) is 0 Å². The van der Waals surface area contributed by atoms with Gasteiger partial charge in [-0.1, -0.05) is 0 Å². The van der Waals surface area contributed by atoms with E-state index in [0.29, 0.717) is 11.1 Å². The van der Waals surface area contributed by atoms with Crippen LogP contribution in [-0.4, -0.2) is 27.9 Å². The minimum atomic E-state index is -1.07. The summed E-state index contributed by atoms with van der Waals surface area (Å²) >= 11 is 0. The van der Waals surface area contributed by atoms with Gasteiger partial charge in [0.05, 0.1) is 5.56 Å². The average Bonchev–Trinajstić information content (AvgIpc) is 2.21. The quantitative estimate of drug-likeness (QED) is 0.606. The summed E-state index contributed by atoms with van der Waals surface area (Å²) in [6, 6.07) is 2.15. The molecule has 0 aliphatic carbocycles. The second-order valence-corrected chi connectivity index (χ2v) is 3.65. The van der Waals surface area contributed by atoms with Gasteiger partial charge < -0.3 is 21.1 Å². The number of aromatic hydroxyl groups is 1. The number of rotatable bonds is 4. The Morgan fingerprint density at radius 1 is 1.50 bits per heavy atom. The molecule has 0 saturated heterocycles. The fourth-order valence-electron chi connectivity index (χ4n) is 1.51. The van der Waals surface area contributed by atoms with Crippen molar-refractivity contribution in [3.63, 3.8) is 0 Å². The number of aliphatic hydroxyl groups is 1. The summed E-state index contributed by atoms with van der Waals surface area (Å²) in [5.74, 6) is -1.08. The highest BCUT2D eigenvalue weighted by Crippen LogP contribution is 2.29. The van der Waals surface area contributed by atoms with Crippen LogP contribution in [-0.2, 0) is 0 Å². The lowest BCUT2D eigenvalue weighted by Crippen LogP contribution is -2.13. The summed E-state index contributed by atoms with van der Waals surface area (Å²) in [4.78, 5) is 10.8. The molecule has 1 atom stereocenters. The van der Waals surface area contributed by atoms with E-state index >= 15 is 0 Å². The molecular formula is C11H15NO4. The highest BCUT2D eigenvalue weighted by Gasteiger charge is 2.16. The van der Waals surface area contributed by atoms with E-state index < -0.39 is 12.0 Å². The molecule has 0 bridgehead atoms.